The summed E-state index contributed by atoms with van der Waals surface area (Å²) in [5, 5.41) is 8.99. The number of piperazine rings is 1. The van der Waals surface area contributed by atoms with Crippen LogP contribution in [0.5, 0.6) is 0 Å². The van der Waals surface area contributed by atoms with Crippen LogP contribution in [0.15, 0.2) is 48.5 Å². The summed E-state index contributed by atoms with van der Waals surface area (Å²) < 4.78 is 0. The molecule has 0 atom stereocenters. The molecule has 0 unspecified atom stereocenters. The maximum absolute atomic E-state index is 8.99. The van der Waals surface area contributed by atoms with E-state index < -0.39 is 0 Å². The van der Waals surface area contributed by atoms with Gasteiger partial charge >= 0.3 is 0 Å². The predicted molar refractivity (Wildman–Crippen MR) is 92.9 cm³/mol. The van der Waals surface area contributed by atoms with Gasteiger partial charge in [0.1, 0.15) is 0 Å². The van der Waals surface area contributed by atoms with Crippen LogP contribution in [0.3, 0.4) is 0 Å². The maximum Gasteiger partial charge on any atom is 0.0991 e. The molecule has 1 aliphatic heterocycles. The fourth-order valence-electron chi connectivity index (χ4n) is 3.17. The Labute approximate surface area is 138 Å². The van der Waals surface area contributed by atoms with Crippen LogP contribution in [-0.2, 0) is 13.1 Å². The molecule has 1 aliphatic rings. The normalized spacial score (nSPS) is 16.2. The summed E-state index contributed by atoms with van der Waals surface area (Å²) in [5.41, 5.74) is 4.72. The zero-order valence-corrected chi connectivity index (χ0v) is 13.7. The second-order valence-electron chi connectivity index (χ2n) is 6.35. The first-order valence-electron chi connectivity index (χ1n) is 8.22. The Kier molecular flexibility index (Phi) is 5.07. The number of rotatable bonds is 4. The van der Waals surface area contributed by atoms with Crippen LogP contribution in [0.2, 0.25) is 0 Å². The van der Waals surface area contributed by atoms with E-state index in [1.54, 1.807) is 0 Å². The Hall–Kier alpha value is -2.15. The van der Waals surface area contributed by atoms with E-state index in [1.165, 1.54) is 16.7 Å². The van der Waals surface area contributed by atoms with Crippen LogP contribution in [0.25, 0.3) is 0 Å². The van der Waals surface area contributed by atoms with Gasteiger partial charge in [0.05, 0.1) is 11.6 Å². The van der Waals surface area contributed by atoms with Gasteiger partial charge in [-0.15, -0.1) is 0 Å². The smallest absolute Gasteiger partial charge is 0.0991 e. The predicted octanol–water partition coefficient (Wildman–Crippen LogP) is 3.18. The van der Waals surface area contributed by atoms with Crippen molar-refractivity contribution in [3.63, 3.8) is 0 Å². The van der Waals surface area contributed by atoms with Crippen LogP contribution in [0.4, 0.5) is 0 Å². The third-order valence-electron chi connectivity index (χ3n) is 4.42. The molecule has 2 aromatic rings. The highest BCUT2D eigenvalue weighted by Gasteiger charge is 2.17. The van der Waals surface area contributed by atoms with Gasteiger partial charge in [0.15, 0.2) is 0 Å². The van der Waals surface area contributed by atoms with Crippen LogP contribution >= 0.6 is 0 Å². The number of aryl methyl sites for hydroxylation is 1. The quantitative estimate of drug-likeness (QED) is 0.869. The monoisotopic (exact) mass is 305 g/mol. The molecule has 2 aromatic carbocycles. The Morgan fingerprint density at radius 1 is 0.870 bits per heavy atom. The van der Waals surface area contributed by atoms with E-state index in [0.717, 1.165) is 44.8 Å². The maximum atomic E-state index is 8.99. The van der Waals surface area contributed by atoms with Gasteiger partial charge in [-0.2, -0.15) is 5.26 Å². The lowest BCUT2D eigenvalue weighted by Gasteiger charge is -2.34. The molecule has 0 aliphatic carbocycles. The molecular weight excluding hydrogens is 282 g/mol. The van der Waals surface area contributed by atoms with Crippen molar-refractivity contribution in [3.8, 4) is 6.07 Å². The molecule has 0 amide bonds. The first kappa shape index (κ1) is 15.7. The molecule has 1 fully saturated rings. The number of hydrogen-bond acceptors (Lipinski definition) is 3. The molecule has 23 heavy (non-hydrogen) atoms. The number of benzene rings is 2. The largest absolute Gasteiger partial charge is 0.297 e. The second-order valence-corrected chi connectivity index (χ2v) is 6.35. The SMILES string of the molecule is Cc1cccc(CN2CCN(Cc3cccc(C#N)c3)CC2)c1. The van der Waals surface area contributed by atoms with Crippen molar-refractivity contribution in [3.05, 3.63) is 70.8 Å². The topological polar surface area (TPSA) is 30.3 Å². The summed E-state index contributed by atoms with van der Waals surface area (Å²) in [4.78, 5) is 5.00. The summed E-state index contributed by atoms with van der Waals surface area (Å²) in [6.45, 7) is 8.51. The first-order valence-corrected chi connectivity index (χ1v) is 8.22. The zero-order chi connectivity index (χ0) is 16.1. The highest BCUT2D eigenvalue weighted by molar-refractivity contribution is 5.32. The van der Waals surface area contributed by atoms with E-state index in [1.807, 2.05) is 18.2 Å². The molecule has 0 bridgehead atoms. The zero-order valence-electron chi connectivity index (χ0n) is 13.7. The van der Waals surface area contributed by atoms with E-state index in [9.17, 15) is 0 Å². The number of nitrogens with zero attached hydrogens (tertiary/aromatic N) is 3. The molecule has 0 N–H and O–H groups in total. The summed E-state index contributed by atoms with van der Waals surface area (Å²) in [6, 6.07) is 18.9. The van der Waals surface area contributed by atoms with Crippen molar-refractivity contribution in [1.29, 1.82) is 5.26 Å². The minimum absolute atomic E-state index is 0.751. The summed E-state index contributed by atoms with van der Waals surface area (Å²) in [5.74, 6) is 0. The molecule has 1 heterocycles. The molecule has 3 nitrogen and oxygen atoms in total. The van der Waals surface area contributed by atoms with Gasteiger partial charge in [0.2, 0.25) is 0 Å². The van der Waals surface area contributed by atoms with Gasteiger partial charge in [-0.05, 0) is 30.2 Å². The molecule has 1 saturated heterocycles. The standard InChI is InChI=1S/C20H23N3/c1-17-4-2-6-19(12-17)15-22-8-10-23(11-9-22)16-20-7-3-5-18(13-20)14-21/h2-7,12-13H,8-11,15-16H2,1H3. The van der Waals surface area contributed by atoms with E-state index in [4.69, 9.17) is 5.26 Å². The lowest BCUT2D eigenvalue weighted by atomic mass is 10.1. The van der Waals surface area contributed by atoms with E-state index in [0.29, 0.717) is 0 Å². The fourth-order valence-corrected chi connectivity index (χ4v) is 3.17. The van der Waals surface area contributed by atoms with E-state index in [-0.39, 0.29) is 0 Å². The highest BCUT2D eigenvalue weighted by Crippen LogP contribution is 2.13. The lowest BCUT2D eigenvalue weighted by Crippen LogP contribution is -2.45. The molecule has 118 valence electrons. The molecular formula is C20H23N3. The molecule has 0 aromatic heterocycles. The Bertz CT molecular complexity index is 694. The summed E-state index contributed by atoms with van der Waals surface area (Å²) in [6.07, 6.45) is 0. The number of hydrogen-bond donors (Lipinski definition) is 0. The minimum Gasteiger partial charge on any atom is -0.297 e. The lowest BCUT2D eigenvalue weighted by molar-refractivity contribution is 0.122. The second kappa shape index (κ2) is 7.41. The highest BCUT2D eigenvalue weighted by atomic mass is 15.3. The van der Waals surface area contributed by atoms with Crippen LogP contribution in [0, 0.1) is 18.3 Å². The van der Waals surface area contributed by atoms with E-state index in [2.05, 4.69) is 53.1 Å². The molecule has 3 heteroatoms. The Morgan fingerprint density at radius 3 is 2.00 bits per heavy atom. The first-order chi connectivity index (χ1) is 11.2. The van der Waals surface area contributed by atoms with Gasteiger partial charge < -0.3 is 0 Å². The van der Waals surface area contributed by atoms with Crippen LogP contribution < -0.4 is 0 Å². The van der Waals surface area contributed by atoms with Gasteiger partial charge in [0, 0.05) is 39.3 Å². The van der Waals surface area contributed by atoms with Gasteiger partial charge in [0.25, 0.3) is 0 Å². The van der Waals surface area contributed by atoms with Gasteiger partial charge in [-0.25, -0.2) is 0 Å². The van der Waals surface area contributed by atoms with Crippen molar-refractivity contribution >= 4 is 0 Å². The summed E-state index contributed by atoms with van der Waals surface area (Å²) in [7, 11) is 0. The average molecular weight is 305 g/mol. The van der Waals surface area contributed by atoms with Crippen molar-refractivity contribution in [2.24, 2.45) is 0 Å². The fraction of sp³-hybridized carbons (Fsp3) is 0.350. The van der Waals surface area contributed by atoms with Crippen molar-refractivity contribution in [2.75, 3.05) is 26.2 Å². The van der Waals surface area contributed by atoms with Crippen molar-refractivity contribution < 1.29 is 0 Å². The van der Waals surface area contributed by atoms with Crippen molar-refractivity contribution in [1.82, 2.24) is 9.80 Å². The van der Waals surface area contributed by atoms with Crippen LogP contribution in [-0.4, -0.2) is 36.0 Å². The third-order valence-corrected chi connectivity index (χ3v) is 4.42. The molecule has 3 rings (SSSR count). The Morgan fingerprint density at radius 2 is 1.43 bits per heavy atom. The van der Waals surface area contributed by atoms with Gasteiger partial charge in [-0.1, -0.05) is 42.0 Å². The minimum atomic E-state index is 0.751. The molecule has 0 spiro atoms. The van der Waals surface area contributed by atoms with E-state index >= 15 is 0 Å². The van der Waals surface area contributed by atoms with Crippen molar-refractivity contribution in [2.45, 2.75) is 20.0 Å². The summed E-state index contributed by atoms with van der Waals surface area (Å²) >= 11 is 0. The average Bonchev–Trinajstić information content (AvgIpc) is 2.57. The van der Waals surface area contributed by atoms with Crippen LogP contribution in [0.1, 0.15) is 22.3 Å². The van der Waals surface area contributed by atoms with Gasteiger partial charge in [-0.3, -0.25) is 9.80 Å². The third kappa shape index (κ3) is 4.41. The molecule has 0 radical (unpaired) electrons. The number of nitriles is 1. The molecule has 0 saturated carbocycles. The Balaban J connectivity index is 1.51.